The number of nitrogens with one attached hydrogen (secondary N) is 1. The molecule has 1 amide bonds. The maximum atomic E-state index is 13.0. The largest absolute Gasteiger partial charge is 0.496 e. The van der Waals surface area contributed by atoms with Crippen LogP contribution in [0.4, 0.5) is 11.5 Å². The van der Waals surface area contributed by atoms with E-state index in [1.165, 1.54) is 0 Å². The molecule has 9 nitrogen and oxygen atoms in total. The molecule has 3 heterocycles. The summed E-state index contributed by atoms with van der Waals surface area (Å²) < 4.78 is 11.5. The number of aliphatic carboxylic acids is 1. The topological polar surface area (TPSA) is 118 Å². The number of nitrogens with zero attached hydrogens (tertiary/aromatic N) is 3. The fourth-order valence-electron chi connectivity index (χ4n) is 5.51. The second kappa shape index (κ2) is 10.3. The van der Waals surface area contributed by atoms with Crippen LogP contribution >= 0.6 is 0 Å². The van der Waals surface area contributed by atoms with Crippen molar-refractivity contribution in [2.75, 3.05) is 23.9 Å². The second-order valence-electron chi connectivity index (χ2n) is 10.0. The molecule has 1 aliphatic rings. The third-order valence-corrected chi connectivity index (χ3v) is 7.32. The number of hydrogen-bond donors (Lipinski definition) is 2. The van der Waals surface area contributed by atoms with Gasteiger partial charge >= 0.3 is 5.97 Å². The number of aryl methyl sites for hydroxylation is 1. The van der Waals surface area contributed by atoms with Crippen LogP contribution in [0.3, 0.4) is 0 Å². The molecule has 2 atom stereocenters. The van der Waals surface area contributed by atoms with Crippen molar-refractivity contribution < 1.29 is 23.8 Å². The van der Waals surface area contributed by atoms with E-state index in [1.807, 2.05) is 72.8 Å². The lowest BCUT2D eigenvalue weighted by Gasteiger charge is -2.22. The predicted octanol–water partition coefficient (Wildman–Crippen LogP) is 5.67. The number of aromatic nitrogens is 2. The van der Waals surface area contributed by atoms with Gasteiger partial charge in [0.15, 0.2) is 11.4 Å². The summed E-state index contributed by atoms with van der Waals surface area (Å²) in [4.78, 5) is 36.1. The number of anilines is 2. The summed E-state index contributed by atoms with van der Waals surface area (Å²) in [6, 6.07) is 22.0. The summed E-state index contributed by atoms with van der Waals surface area (Å²) in [5, 5.41) is 13.8. The van der Waals surface area contributed by atoms with Gasteiger partial charge in [-0.2, -0.15) is 0 Å². The molecule has 0 radical (unpaired) electrons. The van der Waals surface area contributed by atoms with E-state index in [4.69, 9.17) is 9.15 Å². The molecular weight excluding hydrogens is 508 g/mol. The van der Waals surface area contributed by atoms with Crippen molar-refractivity contribution in [2.45, 2.75) is 25.8 Å². The Morgan fingerprint density at radius 3 is 2.58 bits per heavy atom. The fraction of sp³-hybridized carbons (Fsp3) is 0.226. The number of methoxy groups -OCH3 is 1. The van der Waals surface area contributed by atoms with E-state index in [2.05, 4.69) is 15.3 Å². The highest BCUT2D eigenvalue weighted by molar-refractivity contribution is 6.06. The number of benzene rings is 3. The second-order valence-corrected chi connectivity index (χ2v) is 10.0. The van der Waals surface area contributed by atoms with Gasteiger partial charge in [-0.05, 0) is 55.2 Å². The Kier molecular flexibility index (Phi) is 6.55. The van der Waals surface area contributed by atoms with Gasteiger partial charge in [0, 0.05) is 29.6 Å². The number of ether oxygens (including phenoxy) is 1. The number of hydrogen-bond acceptors (Lipinski definition) is 7. The van der Waals surface area contributed by atoms with Crippen LogP contribution in [0.15, 0.2) is 77.2 Å². The fourth-order valence-corrected chi connectivity index (χ4v) is 5.51. The zero-order valence-corrected chi connectivity index (χ0v) is 22.1. The molecular formula is C31H28N4O5. The van der Waals surface area contributed by atoms with Crippen LogP contribution < -0.4 is 15.0 Å². The third kappa shape index (κ3) is 4.70. The molecule has 0 spiro atoms. The van der Waals surface area contributed by atoms with Crippen molar-refractivity contribution in [2.24, 2.45) is 5.92 Å². The van der Waals surface area contributed by atoms with E-state index in [-0.39, 0.29) is 18.2 Å². The molecule has 2 aromatic heterocycles. The number of carboxylic acid groups (broad SMARTS) is 1. The standard InChI is InChI=1S/C31H28N4O5/c1-18-32-28-23-8-4-6-10-26(23)40-29(28)30(33-18)35-17-19(15-24(35)31(37)38)16-27(36)34-21-13-11-20(12-14-21)22-7-3-5-9-25(22)39-2/h3-14,19,24H,15-17H2,1-2H3,(H,34,36)(H,37,38)/t19-,24+/m1/s1. The van der Waals surface area contributed by atoms with Gasteiger partial charge in [0.05, 0.1) is 7.11 Å². The van der Waals surface area contributed by atoms with Gasteiger partial charge in [0.1, 0.15) is 28.7 Å². The normalized spacial score (nSPS) is 16.9. The summed E-state index contributed by atoms with van der Waals surface area (Å²) in [7, 11) is 1.64. The molecule has 0 saturated carbocycles. The third-order valence-electron chi connectivity index (χ3n) is 7.32. The SMILES string of the molecule is COc1ccccc1-c1ccc(NC(=O)C[C@H]2C[C@@H](C(=O)O)N(c3nc(C)nc4c3oc3ccccc34)C2)cc1. The molecule has 5 aromatic rings. The van der Waals surface area contributed by atoms with Crippen LogP contribution in [0.2, 0.25) is 0 Å². The molecule has 9 heteroatoms. The minimum Gasteiger partial charge on any atom is -0.496 e. The Labute approximate surface area is 230 Å². The van der Waals surface area contributed by atoms with E-state index in [0.717, 1.165) is 22.3 Å². The molecule has 3 aromatic carbocycles. The lowest BCUT2D eigenvalue weighted by molar-refractivity contribution is -0.138. The Hall–Kier alpha value is -4.92. The first kappa shape index (κ1) is 25.4. The molecule has 0 unspecified atom stereocenters. The van der Waals surface area contributed by atoms with Crippen LogP contribution in [0.1, 0.15) is 18.7 Å². The number of carbonyl (C=O) groups is 2. The van der Waals surface area contributed by atoms with Crippen molar-refractivity contribution in [1.29, 1.82) is 0 Å². The highest BCUT2D eigenvalue weighted by Crippen LogP contribution is 2.38. The number of fused-ring (bicyclic) bond motifs is 3. The van der Waals surface area contributed by atoms with Gasteiger partial charge in [-0.25, -0.2) is 14.8 Å². The lowest BCUT2D eigenvalue weighted by Crippen LogP contribution is -2.36. The Balaban J connectivity index is 1.19. The zero-order valence-electron chi connectivity index (χ0n) is 22.1. The van der Waals surface area contributed by atoms with Gasteiger partial charge in [0.2, 0.25) is 5.91 Å². The first-order valence-electron chi connectivity index (χ1n) is 13.1. The number of para-hydroxylation sites is 2. The number of carboxylic acids is 1. The van der Waals surface area contributed by atoms with E-state index in [9.17, 15) is 14.7 Å². The number of rotatable bonds is 7. The van der Waals surface area contributed by atoms with Gasteiger partial charge in [-0.15, -0.1) is 0 Å². The maximum Gasteiger partial charge on any atom is 0.326 e. The minimum atomic E-state index is -0.963. The van der Waals surface area contributed by atoms with Crippen LogP contribution in [0.25, 0.3) is 33.2 Å². The monoisotopic (exact) mass is 536 g/mol. The molecule has 1 saturated heterocycles. The first-order valence-corrected chi connectivity index (χ1v) is 13.1. The summed E-state index contributed by atoms with van der Waals surface area (Å²) in [5.74, 6) is 0.432. The van der Waals surface area contributed by atoms with Crippen molar-refractivity contribution >= 4 is 45.5 Å². The molecule has 0 aliphatic carbocycles. The Morgan fingerprint density at radius 2 is 1.80 bits per heavy atom. The number of furan rings is 1. The van der Waals surface area contributed by atoms with Crippen LogP contribution in [-0.2, 0) is 9.59 Å². The maximum absolute atomic E-state index is 13.0. The van der Waals surface area contributed by atoms with E-state index in [1.54, 1.807) is 18.9 Å². The molecule has 1 aliphatic heterocycles. The average molecular weight is 537 g/mol. The quantitative estimate of drug-likeness (QED) is 0.273. The zero-order chi connectivity index (χ0) is 27.8. The lowest BCUT2D eigenvalue weighted by atomic mass is 10.0. The molecule has 2 N–H and O–H groups in total. The number of amides is 1. The summed E-state index contributed by atoms with van der Waals surface area (Å²) in [5.41, 5.74) is 4.38. The van der Waals surface area contributed by atoms with Gasteiger partial charge in [-0.1, -0.05) is 42.5 Å². The van der Waals surface area contributed by atoms with Crippen molar-refractivity contribution in [3.63, 3.8) is 0 Å². The smallest absolute Gasteiger partial charge is 0.326 e. The molecule has 0 bridgehead atoms. The van der Waals surface area contributed by atoms with E-state index < -0.39 is 12.0 Å². The van der Waals surface area contributed by atoms with Crippen molar-refractivity contribution in [3.8, 4) is 16.9 Å². The highest BCUT2D eigenvalue weighted by atomic mass is 16.5. The van der Waals surface area contributed by atoms with Crippen LogP contribution in [0, 0.1) is 12.8 Å². The Morgan fingerprint density at radius 1 is 1.05 bits per heavy atom. The van der Waals surface area contributed by atoms with Gasteiger partial charge in [-0.3, -0.25) is 4.79 Å². The molecule has 40 heavy (non-hydrogen) atoms. The molecule has 1 fully saturated rings. The number of carbonyl (C=O) groups excluding carboxylic acids is 1. The van der Waals surface area contributed by atoms with Crippen molar-refractivity contribution in [1.82, 2.24) is 9.97 Å². The van der Waals surface area contributed by atoms with E-state index >= 15 is 0 Å². The Bertz CT molecular complexity index is 1730. The van der Waals surface area contributed by atoms with Gasteiger partial charge in [0.25, 0.3) is 0 Å². The molecule has 6 rings (SSSR count). The summed E-state index contributed by atoms with van der Waals surface area (Å²) in [6.07, 6.45) is 0.502. The van der Waals surface area contributed by atoms with Crippen molar-refractivity contribution in [3.05, 3.63) is 78.6 Å². The summed E-state index contributed by atoms with van der Waals surface area (Å²) >= 11 is 0. The predicted molar refractivity (Wildman–Crippen MR) is 153 cm³/mol. The van der Waals surface area contributed by atoms with Crippen LogP contribution in [0.5, 0.6) is 5.75 Å². The van der Waals surface area contributed by atoms with E-state index in [0.29, 0.717) is 47.0 Å². The van der Waals surface area contributed by atoms with Gasteiger partial charge < -0.3 is 24.5 Å². The first-order chi connectivity index (χ1) is 19.4. The van der Waals surface area contributed by atoms with Crippen LogP contribution in [-0.4, -0.2) is 46.6 Å². The minimum absolute atomic E-state index is 0.172. The highest BCUT2D eigenvalue weighted by Gasteiger charge is 2.40. The molecule has 202 valence electrons. The summed E-state index contributed by atoms with van der Waals surface area (Å²) in [6.45, 7) is 2.14. The average Bonchev–Trinajstić information content (AvgIpc) is 3.55.